The van der Waals surface area contributed by atoms with Crippen molar-refractivity contribution in [3.8, 4) is 0 Å². The van der Waals surface area contributed by atoms with Crippen LogP contribution in [0.1, 0.15) is 32.6 Å². The molecule has 1 rings (SSSR count). The quantitative estimate of drug-likeness (QED) is 0.716. The van der Waals surface area contributed by atoms with Crippen LogP contribution < -0.4 is 5.32 Å². The first-order valence-corrected chi connectivity index (χ1v) is 4.48. The van der Waals surface area contributed by atoms with E-state index < -0.39 is 0 Å². The zero-order valence-corrected chi connectivity index (χ0v) is 7.96. The molecule has 0 aliphatic rings. The number of hydrogen-bond donors (Lipinski definition) is 2. The first-order valence-electron chi connectivity index (χ1n) is 4.48. The van der Waals surface area contributed by atoms with Gasteiger partial charge in [-0.3, -0.25) is 0 Å². The second-order valence-electron chi connectivity index (χ2n) is 3.25. The number of rotatable bonds is 4. The first-order chi connectivity index (χ1) is 5.75. The molecule has 0 bridgehead atoms. The van der Waals surface area contributed by atoms with Gasteiger partial charge < -0.3 is 10.3 Å². The maximum atomic E-state index is 4.24. The lowest BCUT2D eigenvalue weighted by atomic mass is 10.0. The fourth-order valence-corrected chi connectivity index (χ4v) is 1.32. The number of aromatic amines is 1. The molecule has 2 N–H and O–H groups in total. The molecule has 1 heterocycles. The van der Waals surface area contributed by atoms with E-state index in [2.05, 4.69) is 36.1 Å². The molecular formula is C9H17N3. The van der Waals surface area contributed by atoms with E-state index in [9.17, 15) is 0 Å². The highest BCUT2D eigenvalue weighted by molar-refractivity contribution is 4.96. The summed E-state index contributed by atoms with van der Waals surface area (Å²) in [5.41, 5.74) is 0. The summed E-state index contributed by atoms with van der Waals surface area (Å²) < 4.78 is 0. The molecule has 1 aromatic heterocycles. The molecule has 1 unspecified atom stereocenters. The molecule has 0 saturated carbocycles. The molecule has 68 valence electrons. The summed E-state index contributed by atoms with van der Waals surface area (Å²) in [5, 5.41) is 3.39. The monoisotopic (exact) mass is 167 g/mol. The van der Waals surface area contributed by atoms with Gasteiger partial charge in [-0.1, -0.05) is 20.8 Å². The highest BCUT2D eigenvalue weighted by Gasteiger charge is 2.15. The second kappa shape index (κ2) is 4.26. The van der Waals surface area contributed by atoms with Gasteiger partial charge in [0.1, 0.15) is 5.82 Å². The lowest BCUT2D eigenvalue weighted by Crippen LogP contribution is -2.26. The van der Waals surface area contributed by atoms with Crippen molar-refractivity contribution in [2.45, 2.75) is 26.8 Å². The lowest BCUT2D eigenvalue weighted by Gasteiger charge is -2.18. The Kier molecular flexibility index (Phi) is 3.29. The predicted octanol–water partition coefficient (Wildman–Crippen LogP) is 1.72. The molecule has 0 radical (unpaired) electrons. The fraction of sp³-hybridized carbons (Fsp3) is 0.667. The van der Waals surface area contributed by atoms with Crippen molar-refractivity contribution in [3.63, 3.8) is 0 Å². The Hall–Kier alpha value is -0.830. The molecule has 12 heavy (non-hydrogen) atoms. The van der Waals surface area contributed by atoms with Gasteiger partial charge in [-0.15, -0.1) is 0 Å². The van der Waals surface area contributed by atoms with Crippen LogP contribution in [0, 0.1) is 5.92 Å². The average molecular weight is 167 g/mol. The Morgan fingerprint density at radius 2 is 2.33 bits per heavy atom. The average Bonchev–Trinajstić information content (AvgIpc) is 2.51. The summed E-state index contributed by atoms with van der Waals surface area (Å²) in [6.07, 6.45) is 3.66. The van der Waals surface area contributed by atoms with Gasteiger partial charge in [0.25, 0.3) is 0 Å². The van der Waals surface area contributed by atoms with Crippen LogP contribution in [0.4, 0.5) is 0 Å². The highest BCUT2D eigenvalue weighted by Crippen LogP contribution is 2.16. The van der Waals surface area contributed by atoms with Crippen LogP contribution in [0.25, 0.3) is 0 Å². The molecule has 0 aliphatic heterocycles. The Morgan fingerprint density at radius 1 is 1.58 bits per heavy atom. The van der Waals surface area contributed by atoms with E-state index in [0.29, 0.717) is 12.0 Å². The van der Waals surface area contributed by atoms with Crippen LogP contribution in [0.3, 0.4) is 0 Å². The van der Waals surface area contributed by atoms with Crippen molar-refractivity contribution in [2.24, 2.45) is 5.92 Å². The molecule has 0 aliphatic carbocycles. The summed E-state index contributed by atoms with van der Waals surface area (Å²) >= 11 is 0. The third kappa shape index (κ3) is 2.08. The van der Waals surface area contributed by atoms with Gasteiger partial charge in [-0.2, -0.15) is 0 Å². The van der Waals surface area contributed by atoms with Crippen LogP contribution in [-0.4, -0.2) is 16.5 Å². The van der Waals surface area contributed by atoms with Crippen LogP contribution in [-0.2, 0) is 0 Å². The number of imidazole rings is 1. The predicted molar refractivity (Wildman–Crippen MR) is 49.8 cm³/mol. The number of H-pyrrole nitrogens is 1. The fourth-order valence-electron chi connectivity index (χ4n) is 1.32. The Labute approximate surface area is 73.6 Å². The zero-order chi connectivity index (χ0) is 8.97. The highest BCUT2D eigenvalue weighted by atomic mass is 15.0. The molecule has 1 aromatic rings. The van der Waals surface area contributed by atoms with Gasteiger partial charge in [-0.25, -0.2) is 4.98 Å². The standard InChI is InChI=1S/C9H17N3/c1-4-10-8(7(2)3)9-11-5-6-12-9/h5-8,10H,4H2,1-3H3,(H,11,12). The number of nitrogens with one attached hydrogen (secondary N) is 2. The summed E-state index contributed by atoms with van der Waals surface area (Å²) in [6.45, 7) is 7.47. The van der Waals surface area contributed by atoms with E-state index >= 15 is 0 Å². The summed E-state index contributed by atoms with van der Waals surface area (Å²) in [6, 6.07) is 0.352. The van der Waals surface area contributed by atoms with Crippen molar-refractivity contribution in [2.75, 3.05) is 6.54 Å². The van der Waals surface area contributed by atoms with E-state index in [1.165, 1.54) is 0 Å². The third-order valence-electron chi connectivity index (χ3n) is 1.90. The van der Waals surface area contributed by atoms with Gasteiger partial charge in [0, 0.05) is 12.4 Å². The number of hydrogen-bond acceptors (Lipinski definition) is 2. The van der Waals surface area contributed by atoms with Crippen molar-refractivity contribution < 1.29 is 0 Å². The van der Waals surface area contributed by atoms with E-state index in [0.717, 1.165) is 12.4 Å². The number of aromatic nitrogens is 2. The van der Waals surface area contributed by atoms with Crippen molar-refractivity contribution in [1.82, 2.24) is 15.3 Å². The van der Waals surface area contributed by atoms with E-state index in [-0.39, 0.29) is 0 Å². The molecular weight excluding hydrogens is 150 g/mol. The SMILES string of the molecule is CCNC(c1ncc[nH]1)C(C)C. The Balaban J connectivity index is 2.66. The molecule has 0 saturated heterocycles. The smallest absolute Gasteiger partial charge is 0.123 e. The maximum absolute atomic E-state index is 4.24. The maximum Gasteiger partial charge on any atom is 0.123 e. The minimum Gasteiger partial charge on any atom is -0.347 e. The topological polar surface area (TPSA) is 40.7 Å². The zero-order valence-electron chi connectivity index (χ0n) is 7.96. The van der Waals surface area contributed by atoms with Crippen molar-refractivity contribution in [3.05, 3.63) is 18.2 Å². The van der Waals surface area contributed by atoms with Crippen molar-refractivity contribution in [1.29, 1.82) is 0 Å². The van der Waals surface area contributed by atoms with Crippen molar-refractivity contribution >= 4 is 0 Å². The van der Waals surface area contributed by atoms with Crippen LogP contribution in [0.2, 0.25) is 0 Å². The lowest BCUT2D eigenvalue weighted by molar-refractivity contribution is 0.405. The first kappa shape index (κ1) is 9.26. The Morgan fingerprint density at radius 3 is 2.75 bits per heavy atom. The van der Waals surface area contributed by atoms with Gasteiger partial charge in [0.2, 0.25) is 0 Å². The molecule has 0 amide bonds. The van der Waals surface area contributed by atoms with Gasteiger partial charge in [-0.05, 0) is 12.5 Å². The second-order valence-corrected chi connectivity index (χ2v) is 3.25. The molecule has 3 heteroatoms. The van der Waals surface area contributed by atoms with Gasteiger partial charge in [0.15, 0.2) is 0 Å². The number of nitrogens with zero attached hydrogens (tertiary/aromatic N) is 1. The normalized spacial score (nSPS) is 13.7. The summed E-state index contributed by atoms with van der Waals surface area (Å²) in [4.78, 5) is 7.37. The molecule has 0 spiro atoms. The van der Waals surface area contributed by atoms with Crippen LogP contribution in [0.15, 0.2) is 12.4 Å². The molecule has 3 nitrogen and oxygen atoms in total. The van der Waals surface area contributed by atoms with E-state index in [1.807, 2.05) is 6.20 Å². The van der Waals surface area contributed by atoms with Gasteiger partial charge in [0.05, 0.1) is 6.04 Å². The van der Waals surface area contributed by atoms with E-state index in [4.69, 9.17) is 0 Å². The summed E-state index contributed by atoms with van der Waals surface area (Å²) in [7, 11) is 0. The van der Waals surface area contributed by atoms with E-state index in [1.54, 1.807) is 6.20 Å². The largest absolute Gasteiger partial charge is 0.347 e. The molecule has 0 fully saturated rings. The minimum absolute atomic E-state index is 0.352. The molecule has 1 atom stereocenters. The minimum atomic E-state index is 0.352. The summed E-state index contributed by atoms with van der Waals surface area (Å²) in [5.74, 6) is 1.60. The molecule has 0 aromatic carbocycles. The Bertz CT molecular complexity index is 204. The van der Waals surface area contributed by atoms with Gasteiger partial charge >= 0.3 is 0 Å². The van der Waals surface area contributed by atoms with Crippen LogP contribution in [0.5, 0.6) is 0 Å². The third-order valence-corrected chi connectivity index (χ3v) is 1.90. The van der Waals surface area contributed by atoms with Crippen LogP contribution >= 0.6 is 0 Å².